The minimum Gasteiger partial charge on any atom is -0.244 e. The smallest absolute Gasteiger partial charge is 0.0848 e. The van der Waals surface area contributed by atoms with Crippen LogP contribution < -0.4 is 0 Å². The molecule has 1 aliphatic rings. The van der Waals surface area contributed by atoms with Gasteiger partial charge in [-0.2, -0.15) is 3.77 Å². The van der Waals surface area contributed by atoms with E-state index >= 15 is 0 Å². The summed E-state index contributed by atoms with van der Waals surface area (Å²) in [7, 11) is -2.09. The van der Waals surface area contributed by atoms with Gasteiger partial charge in [-0.15, -0.1) is 0 Å². The molecule has 0 spiro atoms. The fourth-order valence-corrected chi connectivity index (χ4v) is 4.05. The maximum Gasteiger partial charge on any atom is 0.0848 e. The van der Waals surface area contributed by atoms with Crippen molar-refractivity contribution in [3.63, 3.8) is 0 Å². The van der Waals surface area contributed by atoms with Gasteiger partial charge in [-0.1, -0.05) is 6.07 Å². The fraction of sp³-hybridized carbons (Fsp3) is 0.250. The first-order valence-electron chi connectivity index (χ1n) is 3.59. The van der Waals surface area contributed by atoms with Gasteiger partial charge in [0.1, 0.15) is 0 Å². The molecule has 0 saturated carbocycles. The van der Waals surface area contributed by atoms with Gasteiger partial charge in [0.2, 0.25) is 0 Å². The summed E-state index contributed by atoms with van der Waals surface area (Å²) in [5.74, 6) is 0. The van der Waals surface area contributed by atoms with Crippen LogP contribution in [0.3, 0.4) is 0 Å². The molecule has 0 N–H and O–H groups in total. The van der Waals surface area contributed by atoms with E-state index in [1.807, 2.05) is 25.1 Å². The van der Waals surface area contributed by atoms with Crippen molar-refractivity contribution in [3.05, 3.63) is 23.8 Å². The van der Waals surface area contributed by atoms with E-state index in [-0.39, 0.29) is 0 Å². The van der Waals surface area contributed by atoms with Crippen molar-refractivity contribution >= 4 is 21.7 Å². The van der Waals surface area contributed by atoms with Crippen LogP contribution in [0.15, 0.2) is 31.8 Å². The zero-order valence-corrected chi connectivity index (χ0v) is 8.54. The molecule has 1 aromatic rings. The van der Waals surface area contributed by atoms with Gasteiger partial charge >= 0.3 is 0 Å². The molecule has 0 aliphatic carbocycles. The Morgan fingerprint density at radius 3 is 3.00 bits per heavy atom. The van der Waals surface area contributed by atoms with E-state index in [4.69, 9.17) is 0 Å². The van der Waals surface area contributed by atoms with E-state index < -0.39 is 9.73 Å². The summed E-state index contributed by atoms with van der Waals surface area (Å²) in [6, 6.07) is 5.96. The molecule has 0 bridgehead atoms. The molecule has 0 aromatic heterocycles. The molecule has 0 amide bonds. The quantitative estimate of drug-likeness (QED) is 0.601. The number of benzene rings is 1. The predicted octanol–water partition coefficient (Wildman–Crippen LogP) is 2.47. The minimum absolute atomic E-state index is 0.896. The van der Waals surface area contributed by atoms with Gasteiger partial charge in [0.25, 0.3) is 0 Å². The maximum absolute atomic E-state index is 11.8. The van der Waals surface area contributed by atoms with Crippen molar-refractivity contribution in [2.75, 3.05) is 6.26 Å². The third-order valence-corrected chi connectivity index (χ3v) is 5.06. The molecule has 1 atom stereocenters. The Kier molecular flexibility index (Phi) is 1.70. The Labute approximate surface area is 76.7 Å². The van der Waals surface area contributed by atoms with Crippen LogP contribution in [0.4, 0.5) is 0 Å². The maximum atomic E-state index is 11.8. The zero-order valence-electron chi connectivity index (χ0n) is 6.90. The number of hydrogen-bond donors (Lipinski definition) is 0. The lowest BCUT2D eigenvalue weighted by Crippen LogP contribution is -1.93. The van der Waals surface area contributed by atoms with Gasteiger partial charge in [0.05, 0.1) is 14.6 Å². The van der Waals surface area contributed by atoms with Gasteiger partial charge in [-0.25, -0.2) is 4.21 Å². The molecule has 4 heteroatoms. The average Bonchev–Trinajstić information content (AvgIpc) is 2.28. The first-order chi connectivity index (χ1) is 5.59. The van der Waals surface area contributed by atoms with Crippen LogP contribution in [-0.4, -0.2) is 10.5 Å². The zero-order chi connectivity index (χ0) is 8.77. The summed E-state index contributed by atoms with van der Waals surface area (Å²) in [5, 5.41) is 0. The molecule has 2 nitrogen and oxygen atoms in total. The van der Waals surface area contributed by atoms with E-state index in [1.54, 1.807) is 6.26 Å². The fourth-order valence-electron chi connectivity index (χ4n) is 1.14. The van der Waals surface area contributed by atoms with Crippen LogP contribution in [-0.2, 0) is 9.73 Å². The molecule has 1 aliphatic heterocycles. The first-order valence-corrected chi connectivity index (χ1v) is 6.28. The highest BCUT2D eigenvalue weighted by Crippen LogP contribution is 2.36. The standard InChI is InChI=1S/C8H9NOS2/c1-6-3-4-7-8(5-6)12(2,10)9-11-7/h3-5H,1-2H3. The molecular formula is C8H9NOS2. The second-order valence-electron chi connectivity index (χ2n) is 2.92. The van der Waals surface area contributed by atoms with Crippen LogP contribution >= 0.6 is 11.9 Å². The van der Waals surface area contributed by atoms with E-state index in [0.717, 1.165) is 15.4 Å². The second-order valence-corrected chi connectivity index (χ2v) is 6.18. The summed E-state index contributed by atoms with van der Waals surface area (Å²) in [5.41, 5.74) is 1.14. The summed E-state index contributed by atoms with van der Waals surface area (Å²) < 4.78 is 15.8. The molecule has 0 fully saturated rings. The number of aryl methyl sites for hydroxylation is 1. The van der Waals surface area contributed by atoms with Crippen molar-refractivity contribution in [3.8, 4) is 0 Å². The number of hydrogen-bond acceptors (Lipinski definition) is 3. The van der Waals surface area contributed by atoms with E-state index in [9.17, 15) is 4.21 Å². The molecule has 12 heavy (non-hydrogen) atoms. The predicted molar refractivity (Wildman–Crippen MR) is 51.8 cm³/mol. The molecule has 0 radical (unpaired) electrons. The summed E-state index contributed by atoms with van der Waals surface area (Å²) in [6.07, 6.45) is 1.69. The molecule has 0 saturated heterocycles. The van der Waals surface area contributed by atoms with E-state index in [2.05, 4.69) is 3.77 Å². The SMILES string of the molecule is Cc1ccc2c(c1)S(C)(=O)=NS2. The van der Waals surface area contributed by atoms with E-state index in [0.29, 0.717) is 0 Å². The van der Waals surface area contributed by atoms with Crippen LogP contribution in [0.5, 0.6) is 0 Å². The lowest BCUT2D eigenvalue weighted by molar-refractivity contribution is 0.681. The first kappa shape index (κ1) is 8.13. The van der Waals surface area contributed by atoms with E-state index in [1.165, 1.54) is 11.9 Å². The molecule has 64 valence electrons. The number of rotatable bonds is 0. The number of fused-ring (bicyclic) bond motifs is 1. The Morgan fingerprint density at radius 1 is 1.50 bits per heavy atom. The van der Waals surface area contributed by atoms with Gasteiger partial charge in [-0.3, -0.25) is 0 Å². The molecule has 2 rings (SSSR count). The van der Waals surface area contributed by atoms with Crippen molar-refractivity contribution in [1.29, 1.82) is 0 Å². The lowest BCUT2D eigenvalue weighted by atomic mass is 10.2. The van der Waals surface area contributed by atoms with Gasteiger partial charge < -0.3 is 0 Å². The summed E-state index contributed by atoms with van der Waals surface area (Å²) in [4.78, 5) is 1.93. The van der Waals surface area contributed by atoms with Crippen LogP contribution in [0.25, 0.3) is 0 Å². The highest BCUT2D eigenvalue weighted by atomic mass is 32.2. The summed E-state index contributed by atoms with van der Waals surface area (Å²) >= 11 is 1.33. The van der Waals surface area contributed by atoms with Gasteiger partial charge in [0.15, 0.2) is 0 Å². The van der Waals surface area contributed by atoms with Crippen LogP contribution in [0.1, 0.15) is 5.56 Å². The van der Waals surface area contributed by atoms with Crippen molar-refractivity contribution in [1.82, 2.24) is 0 Å². The molecule has 1 aromatic carbocycles. The lowest BCUT2D eigenvalue weighted by Gasteiger charge is -1.99. The van der Waals surface area contributed by atoms with Crippen LogP contribution in [0, 0.1) is 6.92 Å². The van der Waals surface area contributed by atoms with Crippen molar-refractivity contribution in [2.24, 2.45) is 3.77 Å². The average molecular weight is 199 g/mol. The third-order valence-electron chi connectivity index (χ3n) is 1.79. The second kappa shape index (κ2) is 2.50. The number of nitrogens with zero attached hydrogens (tertiary/aromatic N) is 1. The largest absolute Gasteiger partial charge is 0.244 e. The Bertz CT molecular complexity index is 444. The van der Waals surface area contributed by atoms with Gasteiger partial charge in [-0.05, 0) is 24.6 Å². The highest BCUT2D eigenvalue weighted by Gasteiger charge is 2.18. The topological polar surface area (TPSA) is 29.4 Å². The third kappa shape index (κ3) is 1.15. The van der Waals surface area contributed by atoms with Crippen molar-refractivity contribution < 1.29 is 4.21 Å². The van der Waals surface area contributed by atoms with Gasteiger partial charge in [0, 0.05) is 23.1 Å². The Hall–Kier alpha value is -0.480. The Balaban J connectivity index is 2.74. The Morgan fingerprint density at radius 2 is 2.25 bits per heavy atom. The molecule has 1 heterocycles. The monoisotopic (exact) mass is 199 g/mol. The normalized spacial score (nSPS) is 26.5. The van der Waals surface area contributed by atoms with Crippen LogP contribution in [0.2, 0.25) is 0 Å². The highest BCUT2D eigenvalue weighted by molar-refractivity contribution is 8.09. The molecular weight excluding hydrogens is 190 g/mol. The van der Waals surface area contributed by atoms with Crippen molar-refractivity contribution in [2.45, 2.75) is 16.7 Å². The molecule has 1 unspecified atom stereocenters. The minimum atomic E-state index is -2.09. The summed E-state index contributed by atoms with van der Waals surface area (Å²) in [6.45, 7) is 2.00.